The highest BCUT2D eigenvalue weighted by Gasteiger charge is 2.55. The summed E-state index contributed by atoms with van der Waals surface area (Å²) in [5, 5.41) is -3.41. The number of hydrogen-bond acceptors (Lipinski definition) is 4. The van der Waals surface area contributed by atoms with Gasteiger partial charge in [0.05, 0.1) is 46.6 Å². The first-order chi connectivity index (χ1) is 12.1. The summed E-state index contributed by atoms with van der Waals surface area (Å²) in [6, 6.07) is 0. The average molecular weight is 446 g/mol. The van der Waals surface area contributed by atoms with Crippen LogP contribution in [0.3, 0.4) is 0 Å². The largest absolute Gasteiger partial charge is 0.465 e. The molecule has 4 nitrogen and oxygen atoms in total. The molecule has 1 saturated carbocycles. The molecule has 8 heteroatoms. The number of rotatable bonds is 8. The van der Waals surface area contributed by atoms with Crippen molar-refractivity contribution in [2.45, 2.75) is 48.2 Å². The number of carbonyl (C=O) groups excluding carboxylic acids is 2. The third kappa shape index (κ3) is 6.33. The summed E-state index contributed by atoms with van der Waals surface area (Å²) in [5.74, 6) is -3.38. The fourth-order valence-electron chi connectivity index (χ4n) is 2.54. The van der Waals surface area contributed by atoms with E-state index in [2.05, 4.69) is 13.2 Å². The smallest absolute Gasteiger partial charge is 0.311 e. The fourth-order valence-corrected chi connectivity index (χ4v) is 4.15. The van der Waals surface area contributed by atoms with Crippen molar-refractivity contribution in [3.8, 4) is 0 Å². The van der Waals surface area contributed by atoms with E-state index in [0.717, 1.165) is 11.1 Å². The van der Waals surface area contributed by atoms with Gasteiger partial charge in [-0.3, -0.25) is 9.59 Å². The SMILES string of the molecule is C=C(C)CCOC(=O)C1C(Cl)C(Cl)C(Cl)C(Cl)C1C(=O)OCCC(=C)C. The summed E-state index contributed by atoms with van der Waals surface area (Å²) in [6.45, 7) is 11.4. The van der Waals surface area contributed by atoms with E-state index >= 15 is 0 Å². The zero-order valence-electron chi connectivity index (χ0n) is 14.9. The predicted molar refractivity (Wildman–Crippen MR) is 106 cm³/mol. The molecule has 0 N–H and O–H groups in total. The lowest BCUT2D eigenvalue weighted by molar-refractivity contribution is -0.162. The quantitative estimate of drug-likeness (QED) is 0.309. The molecular weight excluding hydrogens is 422 g/mol. The van der Waals surface area contributed by atoms with Gasteiger partial charge in [0, 0.05) is 12.8 Å². The first-order valence-electron chi connectivity index (χ1n) is 8.26. The Morgan fingerprint density at radius 2 is 1.04 bits per heavy atom. The van der Waals surface area contributed by atoms with E-state index in [4.69, 9.17) is 55.9 Å². The Balaban J connectivity index is 2.93. The second-order valence-corrected chi connectivity index (χ2v) is 8.59. The molecule has 0 radical (unpaired) electrons. The second kappa shape index (κ2) is 10.8. The number of carbonyl (C=O) groups is 2. The molecule has 148 valence electrons. The third-order valence-electron chi connectivity index (χ3n) is 4.08. The summed E-state index contributed by atoms with van der Waals surface area (Å²) >= 11 is 25.1. The zero-order valence-corrected chi connectivity index (χ0v) is 17.9. The monoisotopic (exact) mass is 444 g/mol. The minimum Gasteiger partial charge on any atom is -0.465 e. The van der Waals surface area contributed by atoms with Crippen molar-refractivity contribution in [3.63, 3.8) is 0 Å². The van der Waals surface area contributed by atoms with E-state index in [0.29, 0.717) is 12.8 Å². The number of hydrogen-bond donors (Lipinski definition) is 0. The minimum absolute atomic E-state index is 0.135. The molecule has 0 saturated heterocycles. The Morgan fingerprint density at radius 1 is 0.731 bits per heavy atom. The van der Waals surface area contributed by atoms with Gasteiger partial charge < -0.3 is 9.47 Å². The van der Waals surface area contributed by atoms with Gasteiger partial charge in [-0.05, 0) is 13.8 Å². The predicted octanol–water partition coefficient (Wildman–Crippen LogP) is 4.68. The summed E-state index contributed by atoms with van der Waals surface area (Å²) in [5.41, 5.74) is 1.73. The number of alkyl halides is 4. The van der Waals surface area contributed by atoms with Crippen LogP contribution in [-0.2, 0) is 19.1 Å². The molecule has 1 rings (SSSR count). The van der Waals surface area contributed by atoms with Crippen molar-refractivity contribution in [3.05, 3.63) is 24.3 Å². The molecule has 0 aromatic rings. The highest BCUT2D eigenvalue weighted by Crippen LogP contribution is 2.43. The van der Waals surface area contributed by atoms with E-state index in [9.17, 15) is 9.59 Å². The van der Waals surface area contributed by atoms with Gasteiger partial charge in [0.15, 0.2) is 0 Å². The van der Waals surface area contributed by atoms with Crippen molar-refractivity contribution in [1.29, 1.82) is 0 Å². The van der Waals surface area contributed by atoms with Gasteiger partial charge in [-0.15, -0.1) is 59.6 Å². The van der Waals surface area contributed by atoms with Crippen LogP contribution in [0.4, 0.5) is 0 Å². The van der Waals surface area contributed by atoms with E-state index in [-0.39, 0.29) is 13.2 Å². The van der Waals surface area contributed by atoms with Gasteiger partial charge in [0.1, 0.15) is 0 Å². The van der Waals surface area contributed by atoms with Gasteiger partial charge in [0.2, 0.25) is 0 Å². The van der Waals surface area contributed by atoms with Crippen LogP contribution in [0.2, 0.25) is 0 Å². The topological polar surface area (TPSA) is 52.6 Å². The molecule has 0 amide bonds. The van der Waals surface area contributed by atoms with Crippen molar-refractivity contribution in [2.75, 3.05) is 13.2 Å². The fraction of sp³-hybridized carbons (Fsp3) is 0.667. The van der Waals surface area contributed by atoms with Crippen LogP contribution in [0.5, 0.6) is 0 Å². The average Bonchev–Trinajstić information content (AvgIpc) is 2.54. The van der Waals surface area contributed by atoms with Crippen LogP contribution in [0.1, 0.15) is 26.7 Å². The van der Waals surface area contributed by atoms with E-state index in [1.165, 1.54) is 0 Å². The van der Waals surface area contributed by atoms with Crippen LogP contribution >= 0.6 is 46.4 Å². The zero-order chi connectivity index (χ0) is 20.0. The highest BCUT2D eigenvalue weighted by atomic mass is 35.5. The Hall–Kier alpha value is -0.420. The van der Waals surface area contributed by atoms with Crippen LogP contribution in [0.25, 0.3) is 0 Å². The summed E-state index contributed by atoms with van der Waals surface area (Å²) in [4.78, 5) is 25.1. The second-order valence-electron chi connectivity index (χ2n) is 6.58. The maximum absolute atomic E-state index is 12.6. The van der Waals surface area contributed by atoms with Crippen molar-refractivity contribution in [2.24, 2.45) is 11.8 Å². The van der Waals surface area contributed by atoms with E-state index in [1.54, 1.807) is 0 Å². The highest BCUT2D eigenvalue weighted by molar-refractivity contribution is 6.39. The van der Waals surface area contributed by atoms with Crippen LogP contribution < -0.4 is 0 Å². The van der Waals surface area contributed by atoms with Crippen molar-refractivity contribution >= 4 is 58.3 Å². The summed E-state index contributed by atoms with van der Waals surface area (Å²) < 4.78 is 10.5. The van der Waals surface area contributed by atoms with Gasteiger partial charge in [-0.1, -0.05) is 11.1 Å². The Labute approximate surface area is 174 Å². The van der Waals surface area contributed by atoms with Crippen LogP contribution in [-0.4, -0.2) is 46.7 Å². The first-order valence-corrected chi connectivity index (χ1v) is 10.0. The molecule has 6 unspecified atom stereocenters. The lowest BCUT2D eigenvalue weighted by Gasteiger charge is -2.40. The maximum Gasteiger partial charge on any atom is 0.311 e. The molecule has 26 heavy (non-hydrogen) atoms. The molecular formula is C18H24Cl4O4. The van der Waals surface area contributed by atoms with Gasteiger partial charge in [-0.2, -0.15) is 0 Å². The molecule has 1 fully saturated rings. The summed E-state index contributed by atoms with van der Waals surface area (Å²) in [6.07, 6.45) is 1.01. The molecule has 0 aromatic carbocycles. The van der Waals surface area contributed by atoms with Gasteiger partial charge >= 0.3 is 11.9 Å². The maximum atomic E-state index is 12.6. The van der Waals surface area contributed by atoms with Crippen LogP contribution in [0, 0.1) is 11.8 Å². The van der Waals surface area contributed by atoms with Gasteiger partial charge in [0.25, 0.3) is 0 Å². The van der Waals surface area contributed by atoms with E-state index in [1.807, 2.05) is 13.8 Å². The van der Waals surface area contributed by atoms with E-state index < -0.39 is 45.3 Å². The molecule has 6 atom stereocenters. The Bertz CT molecular complexity index is 503. The summed E-state index contributed by atoms with van der Waals surface area (Å²) in [7, 11) is 0. The molecule has 0 bridgehead atoms. The van der Waals surface area contributed by atoms with Crippen molar-refractivity contribution < 1.29 is 19.1 Å². The molecule has 0 aliphatic heterocycles. The van der Waals surface area contributed by atoms with Gasteiger partial charge in [-0.25, -0.2) is 0 Å². The Kier molecular flexibility index (Phi) is 9.81. The number of esters is 2. The lowest BCUT2D eigenvalue weighted by Crippen LogP contribution is -2.56. The van der Waals surface area contributed by atoms with Crippen molar-refractivity contribution in [1.82, 2.24) is 0 Å². The molecule has 0 spiro atoms. The van der Waals surface area contributed by atoms with Crippen LogP contribution in [0.15, 0.2) is 24.3 Å². The third-order valence-corrected chi connectivity index (χ3v) is 6.63. The number of ether oxygens (including phenoxy) is 2. The number of halogens is 4. The molecule has 1 aliphatic carbocycles. The normalized spacial score (nSPS) is 31.2. The standard InChI is InChI=1S/C18H24Cl4O4/c1-9(2)5-7-25-17(23)11-12(18(24)26-8-6-10(3)4)14(20)16(22)15(21)13(11)19/h11-16H,1,3,5-8H2,2,4H3. The molecule has 0 aromatic heterocycles. The first kappa shape index (κ1) is 23.6. The molecule has 0 heterocycles. The minimum atomic E-state index is -1.04. The Morgan fingerprint density at radius 3 is 1.31 bits per heavy atom. The molecule has 1 aliphatic rings. The lowest BCUT2D eigenvalue weighted by atomic mass is 9.77.